The van der Waals surface area contributed by atoms with Gasteiger partial charge in [-0.1, -0.05) is 12.1 Å². The highest BCUT2D eigenvalue weighted by molar-refractivity contribution is 5.27. The Morgan fingerprint density at radius 3 is 2.95 bits per heavy atom. The summed E-state index contributed by atoms with van der Waals surface area (Å²) in [5, 5.41) is 7.66. The molecule has 3 rings (SSSR count). The third-order valence-electron chi connectivity index (χ3n) is 3.51. The first kappa shape index (κ1) is 12.4. The molecule has 0 atom stereocenters. The van der Waals surface area contributed by atoms with Crippen molar-refractivity contribution >= 4 is 0 Å². The van der Waals surface area contributed by atoms with E-state index in [4.69, 9.17) is 0 Å². The summed E-state index contributed by atoms with van der Waals surface area (Å²) in [7, 11) is 1.95. The Bertz CT molecular complexity index is 573. The predicted octanol–water partition coefficient (Wildman–Crippen LogP) is 2.67. The SMILES string of the molecule is CNCc1cnn(Cc2cccc(F)c2)c1C1CC1. The van der Waals surface area contributed by atoms with Crippen LogP contribution in [0.3, 0.4) is 0 Å². The van der Waals surface area contributed by atoms with Gasteiger partial charge in [-0.3, -0.25) is 4.68 Å². The second-order valence-electron chi connectivity index (χ2n) is 5.15. The van der Waals surface area contributed by atoms with Crippen molar-refractivity contribution in [3.05, 3.63) is 53.1 Å². The van der Waals surface area contributed by atoms with Crippen molar-refractivity contribution in [2.24, 2.45) is 0 Å². The molecular weight excluding hydrogens is 241 g/mol. The van der Waals surface area contributed by atoms with E-state index < -0.39 is 0 Å². The van der Waals surface area contributed by atoms with Gasteiger partial charge >= 0.3 is 0 Å². The van der Waals surface area contributed by atoms with E-state index in [1.165, 1.54) is 30.2 Å². The maximum Gasteiger partial charge on any atom is 0.123 e. The summed E-state index contributed by atoms with van der Waals surface area (Å²) in [5.74, 6) is 0.451. The fourth-order valence-corrected chi connectivity index (χ4v) is 2.52. The minimum Gasteiger partial charge on any atom is -0.316 e. The van der Waals surface area contributed by atoms with Gasteiger partial charge in [0.2, 0.25) is 0 Å². The van der Waals surface area contributed by atoms with Gasteiger partial charge < -0.3 is 5.32 Å². The molecule has 19 heavy (non-hydrogen) atoms. The van der Waals surface area contributed by atoms with E-state index >= 15 is 0 Å². The zero-order valence-corrected chi connectivity index (χ0v) is 11.1. The van der Waals surface area contributed by atoms with Crippen molar-refractivity contribution in [1.82, 2.24) is 15.1 Å². The number of hydrogen-bond acceptors (Lipinski definition) is 2. The van der Waals surface area contributed by atoms with Crippen LogP contribution in [0.2, 0.25) is 0 Å². The molecule has 1 fully saturated rings. The third kappa shape index (κ3) is 2.68. The van der Waals surface area contributed by atoms with Crippen LogP contribution in [0.25, 0.3) is 0 Å². The molecular formula is C15H18FN3. The summed E-state index contributed by atoms with van der Waals surface area (Å²) in [6, 6.07) is 6.75. The molecule has 1 saturated carbocycles. The van der Waals surface area contributed by atoms with Gasteiger partial charge in [-0.15, -0.1) is 0 Å². The number of benzene rings is 1. The molecule has 0 unspecified atom stereocenters. The second-order valence-corrected chi connectivity index (χ2v) is 5.15. The van der Waals surface area contributed by atoms with Crippen LogP contribution in [0.15, 0.2) is 30.5 Å². The molecule has 0 bridgehead atoms. The van der Waals surface area contributed by atoms with E-state index in [0.717, 1.165) is 12.1 Å². The lowest BCUT2D eigenvalue weighted by Gasteiger charge is -2.09. The van der Waals surface area contributed by atoms with Gasteiger partial charge in [0.15, 0.2) is 0 Å². The van der Waals surface area contributed by atoms with E-state index in [0.29, 0.717) is 12.5 Å². The van der Waals surface area contributed by atoms with Gasteiger partial charge in [0.25, 0.3) is 0 Å². The van der Waals surface area contributed by atoms with Crippen LogP contribution < -0.4 is 5.32 Å². The molecule has 2 aromatic rings. The second kappa shape index (κ2) is 5.13. The average molecular weight is 259 g/mol. The Morgan fingerprint density at radius 1 is 1.42 bits per heavy atom. The van der Waals surface area contributed by atoms with Gasteiger partial charge in [-0.2, -0.15) is 5.10 Å². The van der Waals surface area contributed by atoms with Crippen molar-refractivity contribution in [1.29, 1.82) is 0 Å². The molecule has 100 valence electrons. The first-order valence-corrected chi connectivity index (χ1v) is 6.71. The van der Waals surface area contributed by atoms with E-state index in [9.17, 15) is 4.39 Å². The van der Waals surface area contributed by atoms with Crippen LogP contribution in [0.4, 0.5) is 4.39 Å². The van der Waals surface area contributed by atoms with Crippen molar-refractivity contribution in [3.63, 3.8) is 0 Å². The maximum absolute atomic E-state index is 13.2. The first-order valence-electron chi connectivity index (χ1n) is 6.71. The van der Waals surface area contributed by atoms with Crippen LogP contribution in [0, 0.1) is 5.82 Å². The summed E-state index contributed by atoms with van der Waals surface area (Å²) in [4.78, 5) is 0. The van der Waals surface area contributed by atoms with E-state index in [1.807, 2.05) is 24.0 Å². The lowest BCUT2D eigenvalue weighted by atomic mass is 10.1. The molecule has 3 nitrogen and oxygen atoms in total. The van der Waals surface area contributed by atoms with E-state index in [2.05, 4.69) is 10.4 Å². The van der Waals surface area contributed by atoms with Gasteiger partial charge in [-0.25, -0.2) is 4.39 Å². The Morgan fingerprint density at radius 2 is 2.26 bits per heavy atom. The van der Waals surface area contributed by atoms with Crippen LogP contribution >= 0.6 is 0 Å². The summed E-state index contributed by atoms with van der Waals surface area (Å²) >= 11 is 0. The largest absolute Gasteiger partial charge is 0.316 e. The van der Waals surface area contributed by atoms with Crippen molar-refractivity contribution in [2.45, 2.75) is 31.8 Å². The molecule has 4 heteroatoms. The summed E-state index contributed by atoms with van der Waals surface area (Å²) in [5.41, 5.74) is 3.54. The molecule has 0 saturated heterocycles. The quantitative estimate of drug-likeness (QED) is 0.894. The predicted molar refractivity (Wildman–Crippen MR) is 72.5 cm³/mol. The number of hydrogen-bond donors (Lipinski definition) is 1. The van der Waals surface area contributed by atoms with Crippen molar-refractivity contribution in [2.75, 3.05) is 7.05 Å². The van der Waals surface area contributed by atoms with Crippen LogP contribution in [-0.4, -0.2) is 16.8 Å². The van der Waals surface area contributed by atoms with Crippen LogP contribution in [0.5, 0.6) is 0 Å². The summed E-state index contributed by atoms with van der Waals surface area (Å²) in [6.45, 7) is 1.49. The normalized spacial score (nSPS) is 14.8. The molecule has 0 aliphatic heterocycles. The number of nitrogens with one attached hydrogen (secondary N) is 1. The molecule has 1 aliphatic carbocycles. The van der Waals surface area contributed by atoms with E-state index in [1.54, 1.807) is 12.1 Å². The highest BCUT2D eigenvalue weighted by Crippen LogP contribution is 2.41. The van der Waals surface area contributed by atoms with Crippen LogP contribution in [0.1, 0.15) is 35.6 Å². The molecule has 0 spiro atoms. The molecule has 1 heterocycles. The smallest absolute Gasteiger partial charge is 0.123 e. The molecule has 0 radical (unpaired) electrons. The highest BCUT2D eigenvalue weighted by atomic mass is 19.1. The minimum atomic E-state index is -0.187. The Hall–Kier alpha value is -1.68. The minimum absolute atomic E-state index is 0.187. The first-order chi connectivity index (χ1) is 9.28. The van der Waals surface area contributed by atoms with Gasteiger partial charge in [0, 0.05) is 23.7 Å². The van der Waals surface area contributed by atoms with E-state index in [-0.39, 0.29) is 5.82 Å². The topological polar surface area (TPSA) is 29.9 Å². The van der Waals surface area contributed by atoms with Crippen molar-refractivity contribution in [3.8, 4) is 0 Å². The molecule has 1 aliphatic rings. The number of halogens is 1. The number of nitrogens with zero attached hydrogens (tertiary/aromatic N) is 2. The average Bonchev–Trinajstić information content (AvgIpc) is 3.14. The monoisotopic (exact) mass is 259 g/mol. The zero-order chi connectivity index (χ0) is 13.2. The number of rotatable bonds is 5. The highest BCUT2D eigenvalue weighted by Gasteiger charge is 2.29. The Labute approximate surface area is 112 Å². The van der Waals surface area contributed by atoms with Gasteiger partial charge in [-0.05, 0) is 37.6 Å². The molecule has 1 N–H and O–H groups in total. The molecule has 1 aromatic heterocycles. The number of aromatic nitrogens is 2. The van der Waals surface area contributed by atoms with Crippen LogP contribution in [-0.2, 0) is 13.1 Å². The van der Waals surface area contributed by atoms with Gasteiger partial charge in [0.1, 0.15) is 5.82 Å². The molecule has 1 aromatic carbocycles. The zero-order valence-electron chi connectivity index (χ0n) is 11.1. The maximum atomic E-state index is 13.2. The lowest BCUT2D eigenvalue weighted by Crippen LogP contribution is -2.10. The fourth-order valence-electron chi connectivity index (χ4n) is 2.52. The summed E-state index contributed by atoms with van der Waals surface area (Å²) in [6.07, 6.45) is 4.42. The lowest BCUT2D eigenvalue weighted by molar-refractivity contribution is 0.612. The Kier molecular flexibility index (Phi) is 3.34. The van der Waals surface area contributed by atoms with Gasteiger partial charge in [0.05, 0.1) is 12.7 Å². The van der Waals surface area contributed by atoms with Crippen molar-refractivity contribution < 1.29 is 4.39 Å². The fraction of sp³-hybridized carbons (Fsp3) is 0.400. The standard InChI is InChI=1S/C15H18FN3/c1-17-8-13-9-18-19(15(13)12-5-6-12)10-11-3-2-4-14(16)7-11/h2-4,7,9,12,17H,5-6,8,10H2,1H3. The third-order valence-corrected chi connectivity index (χ3v) is 3.51. The Balaban J connectivity index is 1.88. The summed E-state index contributed by atoms with van der Waals surface area (Å²) < 4.78 is 15.3. The molecule has 0 amide bonds.